The minimum Gasteiger partial charge on any atom is -0.481 e. The van der Waals surface area contributed by atoms with E-state index in [2.05, 4.69) is 6.92 Å². The fourth-order valence-electron chi connectivity index (χ4n) is 7.11. The molecule has 2 rings (SSSR count). The highest BCUT2D eigenvalue weighted by molar-refractivity contribution is 5.79. The second-order valence-electron chi connectivity index (χ2n) is 15.4. The van der Waals surface area contributed by atoms with Gasteiger partial charge in [0.05, 0.1) is 26.2 Å². The van der Waals surface area contributed by atoms with Crippen LogP contribution in [-0.4, -0.2) is 164 Å². The molecule has 2 aliphatic heterocycles. The van der Waals surface area contributed by atoms with Crippen molar-refractivity contribution in [2.24, 2.45) is 0 Å². The van der Waals surface area contributed by atoms with E-state index in [4.69, 9.17) is 33.2 Å². The first-order valence-corrected chi connectivity index (χ1v) is 21.1. The zero-order valence-corrected chi connectivity index (χ0v) is 34.7. The maximum atomic E-state index is 13.5. The Morgan fingerprint density at radius 1 is 0.593 bits per heavy atom. The zero-order valence-electron chi connectivity index (χ0n) is 34.7. The van der Waals surface area contributed by atoms with Crippen molar-refractivity contribution in [2.75, 3.05) is 19.8 Å². The first-order valence-electron chi connectivity index (χ1n) is 21.1. The van der Waals surface area contributed by atoms with Gasteiger partial charge in [-0.15, -0.1) is 0 Å². The Morgan fingerprint density at radius 2 is 1.10 bits per heavy atom. The predicted molar refractivity (Wildman–Crippen MR) is 205 cm³/mol. The number of aliphatic hydroxyl groups is 7. The number of carbonyl (C=O) groups excluding carboxylic acids is 3. The third-order valence-corrected chi connectivity index (χ3v) is 10.4. The molecule has 19 heteroatoms. The molecule has 2 saturated heterocycles. The highest BCUT2D eigenvalue weighted by Crippen LogP contribution is 2.30. The van der Waals surface area contributed by atoms with Crippen LogP contribution < -0.4 is 0 Å². The van der Waals surface area contributed by atoms with Crippen molar-refractivity contribution in [1.29, 1.82) is 0 Å². The number of carbonyl (C=O) groups is 4. The molecule has 0 aromatic heterocycles. The quantitative estimate of drug-likeness (QED) is 0.0285. The van der Waals surface area contributed by atoms with Gasteiger partial charge in [0, 0.05) is 20.3 Å². The molecule has 0 spiro atoms. The smallest absolute Gasteiger partial charge is 0.347 e. The lowest BCUT2D eigenvalue weighted by Crippen LogP contribution is -2.64. The Labute approximate surface area is 346 Å². The zero-order chi connectivity index (χ0) is 43.9. The maximum Gasteiger partial charge on any atom is 0.347 e. The van der Waals surface area contributed by atoms with Crippen molar-refractivity contribution in [3.63, 3.8) is 0 Å². The highest BCUT2D eigenvalue weighted by atomic mass is 16.7. The molecule has 0 radical (unpaired) electrons. The average Bonchev–Trinajstić information content (AvgIpc) is 3.18. The lowest BCUT2D eigenvalue weighted by atomic mass is 9.97. The van der Waals surface area contributed by atoms with Gasteiger partial charge in [0.1, 0.15) is 61.0 Å². The summed E-state index contributed by atoms with van der Waals surface area (Å²) in [7, 11) is 0. The summed E-state index contributed by atoms with van der Waals surface area (Å²) in [6.07, 6.45) is -6.07. The molecule has 59 heavy (non-hydrogen) atoms. The first-order chi connectivity index (χ1) is 28.1. The molecule has 0 aromatic rings. The van der Waals surface area contributed by atoms with E-state index in [9.17, 15) is 60.0 Å². The summed E-state index contributed by atoms with van der Waals surface area (Å²) in [5.41, 5.74) is 0. The molecule has 0 saturated carbocycles. The van der Waals surface area contributed by atoms with Crippen LogP contribution in [0.25, 0.3) is 0 Å². The molecule has 13 atom stereocenters. The fraction of sp³-hybridized carbons (Fsp3) is 0.900. The van der Waals surface area contributed by atoms with E-state index in [1.807, 2.05) is 0 Å². The largest absolute Gasteiger partial charge is 0.481 e. The van der Waals surface area contributed by atoms with Gasteiger partial charge in [-0.25, -0.2) is 4.79 Å². The van der Waals surface area contributed by atoms with E-state index in [0.717, 1.165) is 46.0 Å². The molecule has 2 heterocycles. The van der Waals surface area contributed by atoms with Gasteiger partial charge < -0.3 is 74.0 Å². The van der Waals surface area contributed by atoms with Crippen LogP contribution in [0.4, 0.5) is 0 Å². The van der Waals surface area contributed by atoms with Crippen LogP contribution in [0.5, 0.6) is 0 Å². The number of carboxylic acid groups (broad SMARTS) is 1. The van der Waals surface area contributed by atoms with E-state index >= 15 is 0 Å². The lowest BCUT2D eigenvalue weighted by molar-refractivity contribution is -0.360. The van der Waals surface area contributed by atoms with Gasteiger partial charge in [-0.05, 0) is 12.8 Å². The van der Waals surface area contributed by atoms with E-state index in [0.29, 0.717) is 6.42 Å². The number of aliphatic hydroxyl groups excluding tert-OH is 7. The summed E-state index contributed by atoms with van der Waals surface area (Å²) in [5, 5.41) is 81.6. The van der Waals surface area contributed by atoms with Crippen molar-refractivity contribution in [3.05, 3.63) is 0 Å². The van der Waals surface area contributed by atoms with Gasteiger partial charge in [-0.1, -0.05) is 90.4 Å². The molecular formula is C40H70O19. The third kappa shape index (κ3) is 19.4. The van der Waals surface area contributed by atoms with Crippen molar-refractivity contribution in [2.45, 2.75) is 210 Å². The summed E-state index contributed by atoms with van der Waals surface area (Å²) in [5.74, 6) is -4.10. The molecule has 2 fully saturated rings. The molecule has 0 aromatic carbocycles. The van der Waals surface area contributed by atoms with Crippen LogP contribution in [0, 0.1) is 0 Å². The van der Waals surface area contributed by atoms with Crippen LogP contribution in [0.1, 0.15) is 130 Å². The standard InChI is InChI=1S/C40H70O19/c1-4-5-6-7-8-9-10-11-12-13-14-15-16-17-18-26(56-38(52)28(55-25(3)44)19-27(20-31(45)46)54-24(2)43)23-53-39-36(51)34(49)37(30(22-42)58-39)59-40-35(50)33(48)32(47)29(21-41)57-40/h26-30,32-37,39-42,47-51H,4-23H2,1-3H3,(H,45,46). The minimum absolute atomic E-state index is 0.233. The van der Waals surface area contributed by atoms with Crippen molar-refractivity contribution >= 4 is 23.9 Å². The minimum atomic E-state index is -1.85. The molecule has 0 bridgehead atoms. The normalized spacial score (nSPS) is 28.6. The van der Waals surface area contributed by atoms with Crippen molar-refractivity contribution < 1.29 is 93.2 Å². The Bertz CT molecular complexity index is 1190. The molecular weight excluding hydrogens is 784 g/mol. The SMILES string of the molecule is CCCCCCCCCCCCCCCCC(COC1OC(CO)C(OC2OC(CO)C(O)C(O)C2O)C(O)C1O)OC(=O)C(CC(CC(=O)O)OC(C)=O)OC(C)=O. The number of unbranched alkanes of at least 4 members (excludes halogenated alkanes) is 13. The van der Waals surface area contributed by atoms with Gasteiger partial charge in [-0.3, -0.25) is 14.4 Å². The van der Waals surface area contributed by atoms with Crippen LogP contribution >= 0.6 is 0 Å². The van der Waals surface area contributed by atoms with Gasteiger partial charge in [0.15, 0.2) is 12.6 Å². The summed E-state index contributed by atoms with van der Waals surface area (Å²) in [6.45, 7) is 2.32. The summed E-state index contributed by atoms with van der Waals surface area (Å²) >= 11 is 0. The molecule has 8 N–H and O–H groups in total. The Kier molecular flexibility index (Phi) is 25.7. The van der Waals surface area contributed by atoms with E-state index in [1.54, 1.807) is 0 Å². The van der Waals surface area contributed by atoms with E-state index in [-0.39, 0.29) is 6.42 Å². The summed E-state index contributed by atoms with van der Waals surface area (Å²) in [4.78, 5) is 48.5. The number of hydrogen-bond donors (Lipinski definition) is 8. The van der Waals surface area contributed by atoms with E-state index < -0.39 is 136 Å². The van der Waals surface area contributed by atoms with Gasteiger partial charge in [-0.2, -0.15) is 0 Å². The van der Waals surface area contributed by atoms with Gasteiger partial charge in [0.2, 0.25) is 6.10 Å². The average molecular weight is 855 g/mol. The predicted octanol–water partition coefficient (Wildman–Crippen LogP) is 1.14. The first kappa shape index (κ1) is 52.6. The Morgan fingerprint density at radius 3 is 1.61 bits per heavy atom. The fourth-order valence-corrected chi connectivity index (χ4v) is 7.11. The number of carboxylic acids is 1. The topological polar surface area (TPSA) is 295 Å². The molecule has 344 valence electrons. The maximum absolute atomic E-state index is 13.5. The summed E-state index contributed by atoms with van der Waals surface area (Å²) < 4.78 is 38.3. The Balaban J connectivity index is 2.08. The number of ether oxygens (including phenoxy) is 7. The van der Waals surface area contributed by atoms with Crippen LogP contribution in [0.2, 0.25) is 0 Å². The molecule has 2 aliphatic rings. The lowest BCUT2D eigenvalue weighted by Gasteiger charge is -2.46. The second-order valence-corrected chi connectivity index (χ2v) is 15.4. The number of hydrogen-bond acceptors (Lipinski definition) is 18. The molecule has 0 amide bonds. The molecule has 19 nitrogen and oxygen atoms in total. The van der Waals surface area contributed by atoms with Crippen molar-refractivity contribution in [3.8, 4) is 0 Å². The Hall–Kier alpha value is -2.56. The summed E-state index contributed by atoms with van der Waals surface area (Å²) in [6, 6.07) is 0. The van der Waals surface area contributed by atoms with E-state index in [1.165, 1.54) is 51.4 Å². The van der Waals surface area contributed by atoms with Crippen LogP contribution in [-0.2, 0) is 52.3 Å². The number of rotatable bonds is 30. The van der Waals surface area contributed by atoms with Gasteiger partial charge >= 0.3 is 23.9 Å². The van der Waals surface area contributed by atoms with Crippen molar-refractivity contribution in [1.82, 2.24) is 0 Å². The second kappa shape index (κ2) is 28.9. The van der Waals surface area contributed by atoms with Crippen LogP contribution in [0.3, 0.4) is 0 Å². The van der Waals surface area contributed by atoms with Gasteiger partial charge in [0.25, 0.3) is 0 Å². The highest BCUT2D eigenvalue weighted by Gasteiger charge is 2.51. The number of esters is 3. The van der Waals surface area contributed by atoms with Crippen LogP contribution in [0.15, 0.2) is 0 Å². The third-order valence-electron chi connectivity index (χ3n) is 10.4. The molecule has 13 unspecified atom stereocenters. The monoisotopic (exact) mass is 854 g/mol. The number of aliphatic carboxylic acids is 1. The molecule has 0 aliphatic carbocycles.